The van der Waals surface area contributed by atoms with E-state index in [0.717, 1.165) is 11.0 Å². The molecule has 1 aliphatic rings. The molecular formula is C15H17N5O3. The minimum absolute atomic E-state index is 0.00378. The molecule has 1 aliphatic heterocycles. The Morgan fingerprint density at radius 3 is 2.91 bits per heavy atom. The second-order valence-corrected chi connectivity index (χ2v) is 5.07. The van der Waals surface area contributed by atoms with E-state index in [4.69, 9.17) is 10.1 Å². The number of para-hydroxylation sites is 2. The van der Waals surface area contributed by atoms with Gasteiger partial charge >= 0.3 is 6.09 Å². The van der Waals surface area contributed by atoms with Crippen LogP contribution in [0.1, 0.15) is 12.7 Å². The van der Waals surface area contributed by atoms with E-state index in [0.29, 0.717) is 11.4 Å². The zero-order valence-corrected chi connectivity index (χ0v) is 12.8. The predicted octanol–water partition coefficient (Wildman–Crippen LogP) is 1.80. The normalized spacial score (nSPS) is 14.7. The van der Waals surface area contributed by atoms with Crippen molar-refractivity contribution in [1.82, 2.24) is 20.0 Å². The molecule has 0 radical (unpaired) electrons. The molecule has 1 amide bonds. The van der Waals surface area contributed by atoms with Gasteiger partial charge in [-0.25, -0.2) is 15.2 Å². The molecule has 0 saturated carbocycles. The van der Waals surface area contributed by atoms with Crippen molar-refractivity contribution in [3.8, 4) is 0 Å². The number of nitrogens with one attached hydrogen (secondary N) is 2. The second-order valence-electron chi connectivity index (χ2n) is 5.07. The average molecular weight is 315 g/mol. The van der Waals surface area contributed by atoms with Crippen LogP contribution < -0.4 is 5.43 Å². The van der Waals surface area contributed by atoms with Crippen LogP contribution in [0, 0.1) is 5.41 Å². The number of nitrogens with zero attached hydrogens (tertiary/aromatic N) is 3. The number of aryl methyl sites for hydroxylation is 1. The summed E-state index contributed by atoms with van der Waals surface area (Å²) in [6.07, 6.45) is -0.670. The maximum Gasteiger partial charge on any atom is 0.426 e. The molecule has 3 rings (SSSR count). The lowest BCUT2D eigenvalue weighted by atomic mass is 10.2. The van der Waals surface area contributed by atoms with Crippen LogP contribution in [-0.4, -0.2) is 44.7 Å². The molecule has 1 aromatic heterocycles. The van der Waals surface area contributed by atoms with Crippen LogP contribution in [0.5, 0.6) is 0 Å². The van der Waals surface area contributed by atoms with E-state index in [1.165, 1.54) is 5.01 Å². The molecule has 0 unspecified atom stereocenters. The first-order valence-corrected chi connectivity index (χ1v) is 7.16. The first kappa shape index (κ1) is 14.9. The molecule has 8 heteroatoms. The molecule has 2 heterocycles. The summed E-state index contributed by atoms with van der Waals surface area (Å²) in [5.74, 6) is 0.418. The number of imidazole rings is 1. The fourth-order valence-electron chi connectivity index (χ4n) is 2.55. The van der Waals surface area contributed by atoms with E-state index < -0.39 is 6.09 Å². The van der Waals surface area contributed by atoms with Crippen molar-refractivity contribution in [1.29, 1.82) is 5.41 Å². The van der Waals surface area contributed by atoms with Gasteiger partial charge in [-0.3, -0.25) is 10.4 Å². The van der Waals surface area contributed by atoms with Gasteiger partial charge in [0.15, 0.2) is 5.84 Å². The van der Waals surface area contributed by atoms with E-state index in [1.54, 1.807) is 6.92 Å². The van der Waals surface area contributed by atoms with Gasteiger partial charge in [0, 0.05) is 7.05 Å². The van der Waals surface area contributed by atoms with Crippen LogP contribution in [0.25, 0.3) is 16.6 Å². The standard InChI is InChI=1S/C15H17N5O3/c1-3-23-15(22)18-20-8-11(21)12(13(20)16)14-17-9-6-4-5-7-10(9)19(14)2/h4-7,16,21H,3,8H2,1-2H3,(H,18,22). The van der Waals surface area contributed by atoms with Crippen LogP contribution in [0.3, 0.4) is 0 Å². The van der Waals surface area contributed by atoms with Crippen molar-refractivity contribution in [3.63, 3.8) is 0 Å². The highest BCUT2D eigenvalue weighted by atomic mass is 16.6. The molecule has 120 valence electrons. The number of rotatable bonds is 3. The smallest absolute Gasteiger partial charge is 0.426 e. The number of fused-ring (bicyclic) bond motifs is 1. The predicted molar refractivity (Wildman–Crippen MR) is 84.9 cm³/mol. The van der Waals surface area contributed by atoms with E-state index in [9.17, 15) is 9.90 Å². The number of hydrogen-bond acceptors (Lipinski definition) is 5. The maximum atomic E-state index is 11.5. The SMILES string of the molecule is CCOC(=O)NN1CC(O)=C(c2nc3ccccc3n2C)C1=N. The Morgan fingerprint density at radius 2 is 2.22 bits per heavy atom. The molecule has 2 aromatic rings. The number of amidine groups is 1. The lowest BCUT2D eigenvalue weighted by Gasteiger charge is -2.18. The maximum absolute atomic E-state index is 11.5. The van der Waals surface area contributed by atoms with Crippen LogP contribution in [0.15, 0.2) is 30.0 Å². The van der Waals surface area contributed by atoms with Crippen LogP contribution in [0.2, 0.25) is 0 Å². The Morgan fingerprint density at radius 1 is 1.48 bits per heavy atom. The highest BCUT2D eigenvalue weighted by Crippen LogP contribution is 2.27. The van der Waals surface area contributed by atoms with Crippen LogP contribution in [-0.2, 0) is 11.8 Å². The Hall–Kier alpha value is -3.03. The molecule has 0 aliphatic carbocycles. The van der Waals surface area contributed by atoms with Gasteiger partial charge in [-0.05, 0) is 19.1 Å². The van der Waals surface area contributed by atoms with Gasteiger partial charge in [0.25, 0.3) is 0 Å². The summed E-state index contributed by atoms with van der Waals surface area (Å²) >= 11 is 0. The van der Waals surface area contributed by atoms with Crippen LogP contribution in [0.4, 0.5) is 4.79 Å². The third kappa shape index (κ3) is 2.48. The Balaban J connectivity index is 1.93. The van der Waals surface area contributed by atoms with Gasteiger partial charge in [0.2, 0.25) is 0 Å². The number of ether oxygens (including phenoxy) is 1. The van der Waals surface area contributed by atoms with Crippen molar-refractivity contribution in [3.05, 3.63) is 35.8 Å². The van der Waals surface area contributed by atoms with Gasteiger partial charge in [-0.1, -0.05) is 12.1 Å². The molecular weight excluding hydrogens is 298 g/mol. The lowest BCUT2D eigenvalue weighted by Crippen LogP contribution is -2.44. The molecule has 23 heavy (non-hydrogen) atoms. The minimum atomic E-state index is -0.670. The fraction of sp³-hybridized carbons (Fsp3) is 0.267. The molecule has 8 nitrogen and oxygen atoms in total. The van der Waals surface area contributed by atoms with Gasteiger partial charge in [-0.15, -0.1) is 0 Å². The van der Waals surface area contributed by atoms with Crippen molar-refractivity contribution in [2.75, 3.05) is 13.2 Å². The Labute approximate surface area is 132 Å². The molecule has 0 atom stereocenters. The van der Waals surface area contributed by atoms with Gasteiger partial charge in [0.05, 0.1) is 24.2 Å². The Bertz CT molecular complexity index is 824. The van der Waals surface area contributed by atoms with E-state index in [1.807, 2.05) is 35.9 Å². The van der Waals surface area contributed by atoms with Crippen molar-refractivity contribution < 1.29 is 14.6 Å². The summed E-state index contributed by atoms with van der Waals surface area (Å²) < 4.78 is 6.60. The summed E-state index contributed by atoms with van der Waals surface area (Å²) in [6.45, 7) is 1.91. The summed E-state index contributed by atoms with van der Waals surface area (Å²) in [5, 5.41) is 19.7. The second kappa shape index (κ2) is 5.64. The number of aromatic nitrogens is 2. The zero-order chi connectivity index (χ0) is 16.6. The summed E-state index contributed by atoms with van der Waals surface area (Å²) in [6, 6.07) is 7.55. The highest BCUT2D eigenvalue weighted by molar-refractivity contribution is 6.23. The molecule has 3 N–H and O–H groups in total. The number of amides is 1. The van der Waals surface area contributed by atoms with E-state index >= 15 is 0 Å². The largest absolute Gasteiger partial charge is 0.509 e. The first-order chi connectivity index (χ1) is 11.0. The summed E-state index contributed by atoms with van der Waals surface area (Å²) in [4.78, 5) is 16.0. The molecule has 0 fully saturated rings. The Kier molecular flexibility index (Phi) is 3.65. The monoisotopic (exact) mass is 315 g/mol. The summed E-state index contributed by atoms with van der Waals surface area (Å²) in [5.41, 5.74) is 4.38. The van der Waals surface area contributed by atoms with Crippen molar-refractivity contribution in [2.45, 2.75) is 6.92 Å². The fourth-order valence-corrected chi connectivity index (χ4v) is 2.55. The number of aliphatic hydroxyl groups is 1. The molecule has 0 spiro atoms. The number of hydrazine groups is 1. The topological polar surface area (TPSA) is 103 Å². The summed E-state index contributed by atoms with van der Waals surface area (Å²) in [7, 11) is 1.82. The third-order valence-electron chi connectivity index (χ3n) is 3.62. The minimum Gasteiger partial charge on any atom is -0.509 e. The molecule has 0 saturated heterocycles. The number of carbonyl (C=O) groups is 1. The number of benzene rings is 1. The van der Waals surface area contributed by atoms with Crippen LogP contribution >= 0.6 is 0 Å². The van der Waals surface area contributed by atoms with Gasteiger partial charge < -0.3 is 14.4 Å². The van der Waals surface area contributed by atoms with E-state index in [2.05, 4.69) is 10.4 Å². The molecule has 1 aromatic carbocycles. The number of aliphatic hydroxyl groups excluding tert-OH is 1. The van der Waals surface area contributed by atoms with Gasteiger partial charge in [-0.2, -0.15) is 0 Å². The third-order valence-corrected chi connectivity index (χ3v) is 3.62. The first-order valence-electron chi connectivity index (χ1n) is 7.16. The zero-order valence-electron chi connectivity index (χ0n) is 12.8. The van der Waals surface area contributed by atoms with Crippen molar-refractivity contribution in [2.24, 2.45) is 7.05 Å². The average Bonchev–Trinajstić information content (AvgIpc) is 2.97. The molecule has 0 bridgehead atoms. The number of hydrogen-bond donors (Lipinski definition) is 3. The van der Waals surface area contributed by atoms with E-state index in [-0.39, 0.29) is 24.7 Å². The van der Waals surface area contributed by atoms with Gasteiger partial charge in [0.1, 0.15) is 17.2 Å². The lowest BCUT2D eigenvalue weighted by molar-refractivity contribution is 0.131. The highest BCUT2D eigenvalue weighted by Gasteiger charge is 2.32. The van der Waals surface area contributed by atoms with Crippen molar-refractivity contribution >= 4 is 28.5 Å². The quantitative estimate of drug-likeness (QED) is 0.801. The number of carbonyl (C=O) groups excluding carboxylic acids is 1.